The normalized spacial score (nSPS) is 16.8. The molecule has 8 nitrogen and oxygen atoms in total. The Morgan fingerprint density at radius 1 is 1.06 bits per heavy atom. The van der Waals surface area contributed by atoms with Gasteiger partial charge in [-0.15, -0.1) is 0 Å². The highest BCUT2D eigenvalue weighted by atomic mass is 16.5. The average molecular weight is 452 g/mol. The van der Waals surface area contributed by atoms with E-state index in [1.807, 2.05) is 31.2 Å². The van der Waals surface area contributed by atoms with E-state index < -0.39 is 0 Å². The van der Waals surface area contributed by atoms with Crippen molar-refractivity contribution in [1.29, 1.82) is 0 Å². The zero-order chi connectivity index (χ0) is 22.9. The van der Waals surface area contributed by atoms with Crippen LogP contribution in [0.1, 0.15) is 35.0 Å². The molecule has 2 N–H and O–H groups in total. The molecule has 3 heterocycles. The first-order chi connectivity index (χ1) is 16.7. The summed E-state index contributed by atoms with van der Waals surface area (Å²) in [6.07, 6.45) is 7.76. The molecule has 1 unspecified atom stereocenters. The standard InChI is InChI=1S/C26H25N7O/c1-17-28-16-33(32-17)22-12-9-19-15-23(22)34-14-6-5-13-27-25-21-11-10-20(18-7-3-2-4-8-18)24(21)30-26(29-19)31-25/h2-9,12,15-16,20H,10-11,13-14H2,1H3,(H2,27,29,30,31). The van der Waals surface area contributed by atoms with E-state index >= 15 is 0 Å². The number of ether oxygens (including phenoxy) is 1. The van der Waals surface area contributed by atoms with Crippen molar-refractivity contribution >= 4 is 17.5 Å². The lowest BCUT2D eigenvalue weighted by atomic mass is 9.97. The van der Waals surface area contributed by atoms with E-state index in [1.165, 1.54) is 11.1 Å². The highest BCUT2D eigenvalue weighted by molar-refractivity contribution is 5.64. The Kier molecular flexibility index (Phi) is 5.18. The van der Waals surface area contributed by atoms with E-state index in [2.05, 4.69) is 57.1 Å². The quantitative estimate of drug-likeness (QED) is 0.432. The first-order valence-electron chi connectivity index (χ1n) is 11.5. The van der Waals surface area contributed by atoms with E-state index in [0.29, 0.717) is 30.7 Å². The largest absolute Gasteiger partial charge is 0.487 e. The van der Waals surface area contributed by atoms with Crippen molar-refractivity contribution in [2.24, 2.45) is 0 Å². The molecule has 0 saturated heterocycles. The van der Waals surface area contributed by atoms with E-state index in [9.17, 15) is 0 Å². The molecule has 0 radical (unpaired) electrons. The van der Waals surface area contributed by atoms with Crippen molar-refractivity contribution in [3.05, 3.63) is 89.7 Å². The third-order valence-electron chi connectivity index (χ3n) is 6.21. The fourth-order valence-corrected chi connectivity index (χ4v) is 4.61. The fourth-order valence-electron chi connectivity index (χ4n) is 4.61. The van der Waals surface area contributed by atoms with Crippen LogP contribution in [0, 0.1) is 6.92 Å². The van der Waals surface area contributed by atoms with E-state index in [-0.39, 0.29) is 5.92 Å². The lowest BCUT2D eigenvalue weighted by Gasteiger charge is -2.16. The summed E-state index contributed by atoms with van der Waals surface area (Å²) in [5, 5.41) is 11.3. The maximum Gasteiger partial charge on any atom is 0.229 e. The second-order valence-electron chi connectivity index (χ2n) is 8.47. The van der Waals surface area contributed by atoms with Gasteiger partial charge in [0.25, 0.3) is 0 Å². The van der Waals surface area contributed by atoms with Gasteiger partial charge in [-0.25, -0.2) is 14.6 Å². The molecule has 0 fully saturated rings. The van der Waals surface area contributed by atoms with Crippen LogP contribution in [0.5, 0.6) is 5.75 Å². The molecule has 1 atom stereocenters. The van der Waals surface area contributed by atoms with Crippen LogP contribution >= 0.6 is 0 Å². The van der Waals surface area contributed by atoms with Gasteiger partial charge in [0, 0.05) is 29.8 Å². The Morgan fingerprint density at radius 2 is 1.97 bits per heavy atom. The summed E-state index contributed by atoms with van der Waals surface area (Å²) in [6, 6.07) is 16.5. The first kappa shape index (κ1) is 20.4. The molecule has 2 aliphatic rings. The van der Waals surface area contributed by atoms with Crippen LogP contribution in [0.4, 0.5) is 17.5 Å². The molecule has 1 aliphatic carbocycles. The Balaban J connectivity index is 1.41. The fraction of sp³-hybridized carbons (Fsp3) is 0.231. The average Bonchev–Trinajstić information content (AvgIpc) is 3.48. The zero-order valence-electron chi connectivity index (χ0n) is 18.9. The molecule has 34 heavy (non-hydrogen) atoms. The number of fused-ring (bicyclic) bond motifs is 6. The maximum atomic E-state index is 6.08. The van der Waals surface area contributed by atoms with E-state index in [4.69, 9.17) is 14.7 Å². The SMILES string of the molecule is Cc1ncn(-c2ccc3cc2OCC=CCNc2nc(nc4c2CCC4c2ccccc2)N3)n1. The van der Waals surface area contributed by atoms with Crippen LogP contribution in [0.25, 0.3) is 5.69 Å². The molecule has 1 aliphatic heterocycles. The van der Waals surface area contributed by atoms with Gasteiger partial charge in [-0.05, 0) is 43.5 Å². The molecule has 0 spiro atoms. The topological polar surface area (TPSA) is 89.8 Å². The summed E-state index contributed by atoms with van der Waals surface area (Å²) in [7, 11) is 0. The van der Waals surface area contributed by atoms with Gasteiger partial charge in [-0.2, -0.15) is 10.1 Å². The molecule has 170 valence electrons. The summed E-state index contributed by atoms with van der Waals surface area (Å²) < 4.78 is 7.81. The van der Waals surface area contributed by atoms with Gasteiger partial charge < -0.3 is 15.4 Å². The molecule has 4 bridgehead atoms. The summed E-state index contributed by atoms with van der Waals surface area (Å²) in [5.74, 6) is 3.14. The Bertz CT molecular complexity index is 1360. The van der Waals surface area contributed by atoms with Crippen molar-refractivity contribution in [3.63, 3.8) is 0 Å². The van der Waals surface area contributed by atoms with Crippen molar-refractivity contribution in [2.45, 2.75) is 25.7 Å². The van der Waals surface area contributed by atoms with Crippen molar-refractivity contribution in [3.8, 4) is 11.4 Å². The number of benzene rings is 2. The van der Waals surface area contributed by atoms with E-state index in [0.717, 1.165) is 35.7 Å². The molecular weight excluding hydrogens is 426 g/mol. The maximum absolute atomic E-state index is 6.08. The first-order valence-corrected chi connectivity index (χ1v) is 11.5. The third-order valence-corrected chi connectivity index (χ3v) is 6.21. The van der Waals surface area contributed by atoms with Gasteiger partial charge in [-0.3, -0.25) is 0 Å². The number of nitrogens with zero attached hydrogens (tertiary/aromatic N) is 5. The molecule has 2 aromatic heterocycles. The second kappa shape index (κ2) is 8.62. The molecule has 0 saturated carbocycles. The number of aryl methyl sites for hydroxylation is 1. The van der Waals surface area contributed by atoms with Gasteiger partial charge in [-0.1, -0.05) is 36.4 Å². The van der Waals surface area contributed by atoms with Crippen LogP contribution in [-0.2, 0) is 6.42 Å². The second-order valence-corrected chi connectivity index (χ2v) is 8.47. The Labute approximate surface area is 197 Å². The highest BCUT2D eigenvalue weighted by Gasteiger charge is 2.29. The van der Waals surface area contributed by atoms with E-state index in [1.54, 1.807) is 11.0 Å². The number of hydrogen-bond donors (Lipinski definition) is 2. The molecule has 0 amide bonds. The molecular formula is C26H25N7O. The van der Waals surface area contributed by atoms with Crippen molar-refractivity contribution < 1.29 is 4.74 Å². The van der Waals surface area contributed by atoms with Gasteiger partial charge in [0.15, 0.2) is 0 Å². The monoisotopic (exact) mass is 451 g/mol. The lowest BCUT2D eigenvalue weighted by molar-refractivity contribution is 0.360. The van der Waals surface area contributed by atoms with Gasteiger partial charge >= 0.3 is 0 Å². The number of aromatic nitrogens is 5. The highest BCUT2D eigenvalue weighted by Crippen LogP contribution is 2.40. The van der Waals surface area contributed by atoms with Gasteiger partial charge in [0.2, 0.25) is 5.95 Å². The predicted octanol–water partition coefficient (Wildman–Crippen LogP) is 4.55. The van der Waals surface area contributed by atoms with Crippen LogP contribution in [0.3, 0.4) is 0 Å². The number of nitrogens with one attached hydrogen (secondary N) is 2. The molecule has 8 heteroatoms. The Morgan fingerprint density at radius 3 is 2.82 bits per heavy atom. The van der Waals surface area contributed by atoms with Crippen LogP contribution in [0.2, 0.25) is 0 Å². The summed E-state index contributed by atoms with van der Waals surface area (Å²) in [5.41, 5.74) is 5.26. The minimum absolute atomic E-state index is 0.267. The minimum Gasteiger partial charge on any atom is -0.487 e. The minimum atomic E-state index is 0.267. The van der Waals surface area contributed by atoms with Crippen molar-refractivity contribution in [1.82, 2.24) is 24.7 Å². The molecule has 6 rings (SSSR count). The third kappa shape index (κ3) is 3.87. The van der Waals surface area contributed by atoms with Gasteiger partial charge in [0.1, 0.15) is 36.0 Å². The van der Waals surface area contributed by atoms with Crippen LogP contribution in [-0.4, -0.2) is 37.9 Å². The van der Waals surface area contributed by atoms with Crippen molar-refractivity contribution in [2.75, 3.05) is 23.8 Å². The van der Waals surface area contributed by atoms with Crippen LogP contribution < -0.4 is 15.4 Å². The lowest BCUT2D eigenvalue weighted by Crippen LogP contribution is -2.10. The molecule has 2 aromatic carbocycles. The predicted molar refractivity (Wildman–Crippen MR) is 131 cm³/mol. The van der Waals surface area contributed by atoms with Crippen LogP contribution in [0.15, 0.2) is 67.0 Å². The van der Waals surface area contributed by atoms with Gasteiger partial charge in [0.05, 0.1) is 5.69 Å². The number of hydrogen-bond acceptors (Lipinski definition) is 7. The summed E-state index contributed by atoms with van der Waals surface area (Å²) in [6.45, 7) is 2.97. The summed E-state index contributed by atoms with van der Waals surface area (Å²) >= 11 is 0. The summed E-state index contributed by atoms with van der Waals surface area (Å²) in [4.78, 5) is 14.1. The number of rotatable bonds is 2. The Hall–Kier alpha value is -4.20. The molecule has 4 aromatic rings. The number of anilines is 3. The zero-order valence-corrected chi connectivity index (χ0v) is 18.9. The smallest absolute Gasteiger partial charge is 0.229 e.